The fraction of sp³-hybridized carbons (Fsp3) is 0.562. The van der Waals surface area contributed by atoms with E-state index >= 15 is 0 Å². The molecule has 0 radical (unpaired) electrons. The number of aliphatic imine (C=N–C) groups is 1. The lowest BCUT2D eigenvalue weighted by atomic mass is 10.1. The number of methoxy groups -OCH3 is 1. The van der Waals surface area contributed by atoms with Crippen LogP contribution in [0.2, 0.25) is 0 Å². The fourth-order valence-corrected chi connectivity index (χ4v) is 2.47. The number of benzene rings is 1. The normalized spacial score (nSPS) is 21.7. The summed E-state index contributed by atoms with van der Waals surface area (Å²) in [5.41, 5.74) is 0.788. The molecule has 1 fully saturated rings. The van der Waals surface area contributed by atoms with E-state index in [2.05, 4.69) is 15.6 Å². The largest absolute Gasteiger partial charge is 0.383 e. The molecule has 0 amide bonds. The third kappa shape index (κ3) is 5.39. The summed E-state index contributed by atoms with van der Waals surface area (Å²) in [6.07, 6.45) is 0.935. The Kier molecular flexibility index (Phi) is 8.09. The van der Waals surface area contributed by atoms with Gasteiger partial charge < -0.3 is 15.4 Å². The van der Waals surface area contributed by atoms with Crippen molar-refractivity contribution in [1.82, 2.24) is 10.6 Å². The zero-order valence-corrected chi connectivity index (χ0v) is 15.6. The lowest BCUT2D eigenvalue weighted by Crippen LogP contribution is -2.45. The van der Waals surface area contributed by atoms with Gasteiger partial charge in [-0.3, -0.25) is 4.99 Å². The van der Waals surface area contributed by atoms with Crippen LogP contribution in [0.1, 0.15) is 31.7 Å². The molecule has 0 bridgehead atoms. The van der Waals surface area contributed by atoms with Crippen LogP contribution in [0, 0.1) is 5.82 Å². The van der Waals surface area contributed by atoms with Crippen LogP contribution in [0.4, 0.5) is 4.39 Å². The predicted molar refractivity (Wildman–Crippen MR) is 98.5 cm³/mol. The van der Waals surface area contributed by atoms with Gasteiger partial charge in [0.05, 0.1) is 6.61 Å². The number of hydrogen-bond acceptors (Lipinski definition) is 2. The number of nitrogens with zero attached hydrogens (tertiary/aromatic N) is 1. The molecule has 124 valence electrons. The molecule has 1 aromatic rings. The van der Waals surface area contributed by atoms with E-state index in [1.54, 1.807) is 13.2 Å². The van der Waals surface area contributed by atoms with Crippen molar-refractivity contribution in [2.24, 2.45) is 4.99 Å². The molecule has 1 saturated carbocycles. The summed E-state index contributed by atoms with van der Waals surface area (Å²) < 4.78 is 18.9. The lowest BCUT2D eigenvalue weighted by molar-refractivity contribution is 0.179. The van der Waals surface area contributed by atoms with Gasteiger partial charge in [0.25, 0.3) is 0 Å². The minimum absolute atomic E-state index is 0. The molecule has 0 heterocycles. The molecule has 22 heavy (non-hydrogen) atoms. The van der Waals surface area contributed by atoms with Crippen LogP contribution in [-0.2, 0) is 4.74 Å². The molecular formula is C16H25FIN3O. The van der Waals surface area contributed by atoms with Crippen LogP contribution in [-0.4, -0.2) is 38.3 Å². The van der Waals surface area contributed by atoms with Gasteiger partial charge in [0.2, 0.25) is 0 Å². The van der Waals surface area contributed by atoms with Crippen molar-refractivity contribution < 1.29 is 9.13 Å². The van der Waals surface area contributed by atoms with Crippen LogP contribution in [0.3, 0.4) is 0 Å². The number of ether oxygens (including phenoxy) is 1. The van der Waals surface area contributed by atoms with E-state index in [-0.39, 0.29) is 47.8 Å². The van der Waals surface area contributed by atoms with Crippen molar-refractivity contribution >= 4 is 29.9 Å². The maximum Gasteiger partial charge on any atom is 0.191 e. The first-order valence-electron chi connectivity index (χ1n) is 7.46. The number of rotatable bonds is 6. The van der Waals surface area contributed by atoms with E-state index < -0.39 is 0 Å². The Hall–Kier alpha value is -0.890. The van der Waals surface area contributed by atoms with E-state index in [4.69, 9.17) is 4.74 Å². The zero-order chi connectivity index (χ0) is 15.2. The molecule has 4 nitrogen and oxygen atoms in total. The first-order valence-corrected chi connectivity index (χ1v) is 7.46. The molecule has 3 unspecified atom stereocenters. The standard InChI is InChI=1S/C16H24FN3O.HI/c1-4-18-16(19-11(2)10-21-3)20-15-9-13(15)12-7-5-6-8-14(12)17;/h5-8,11,13,15H,4,9-10H2,1-3H3,(H2,18,19,20);1H. The van der Waals surface area contributed by atoms with Crippen molar-refractivity contribution in [2.45, 2.75) is 38.3 Å². The van der Waals surface area contributed by atoms with Gasteiger partial charge in [-0.05, 0) is 31.9 Å². The summed E-state index contributed by atoms with van der Waals surface area (Å²) >= 11 is 0. The topological polar surface area (TPSA) is 45.7 Å². The first-order chi connectivity index (χ1) is 10.2. The van der Waals surface area contributed by atoms with Crippen LogP contribution in [0.15, 0.2) is 29.3 Å². The van der Waals surface area contributed by atoms with Crippen molar-refractivity contribution in [3.05, 3.63) is 35.6 Å². The summed E-state index contributed by atoms with van der Waals surface area (Å²) in [5, 5.41) is 6.67. The van der Waals surface area contributed by atoms with Gasteiger partial charge in [0, 0.05) is 31.7 Å². The Morgan fingerprint density at radius 3 is 2.82 bits per heavy atom. The maximum absolute atomic E-state index is 13.8. The quantitative estimate of drug-likeness (QED) is 0.422. The highest BCUT2D eigenvalue weighted by Gasteiger charge is 2.40. The number of nitrogens with one attached hydrogen (secondary N) is 2. The Morgan fingerprint density at radius 1 is 1.45 bits per heavy atom. The summed E-state index contributed by atoms with van der Waals surface area (Å²) in [7, 11) is 1.68. The van der Waals surface area contributed by atoms with Gasteiger partial charge in [-0.2, -0.15) is 0 Å². The number of hydrogen-bond donors (Lipinski definition) is 2. The second-order valence-corrected chi connectivity index (χ2v) is 5.44. The second kappa shape index (κ2) is 9.29. The smallest absolute Gasteiger partial charge is 0.191 e. The van der Waals surface area contributed by atoms with Crippen molar-refractivity contribution in [3.63, 3.8) is 0 Å². The average Bonchev–Trinajstić information content (AvgIpc) is 3.18. The summed E-state index contributed by atoms with van der Waals surface area (Å²) in [6.45, 7) is 5.35. The van der Waals surface area contributed by atoms with Crippen molar-refractivity contribution in [2.75, 3.05) is 20.3 Å². The molecule has 0 aliphatic heterocycles. The lowest BCUT2D eigenvalue weighted by Gasteiger charge is -2.17. The predicted octanol–water partition coefficient (Wildman–Crippen LogP) is 2.89. The number of guanidine groups is 1. The van der Waals surface area contributed by atoms with E-state index in [9.17, 15) is 4.39 Å². The molecule has 0 spiro atoms. The van der Waals surface area contributed by atoms with Crippen LogP contribution in [0.25, 0.3) is 0 Å². The van der Waals surface area contributed by atoms with Crippen molar-refractivity contribution in [3.8, 4) is 0 Å². The highest BCUT2D eigenvalue weighted by Crippen LogP contribution is 2.41. The van der Waals surface area contributed by atoms with Crippen LogP contribution in [0.5, 0.6) is 0 Å². The zero-order valence-electron chi connectivity index (χ0n) is 13.3. The molecule has 6 heteroatoms. The minimum atomic E-state index is -0.124. The minimum Gasteiger partial charge on any atom is -0.383 e. The third-order valence-corrected chi connectivity index (χ3v) is 3.53. The average molecular weight is 421 g/mol. The van der Waals surface area contributed by atoms with Gasteiger partial charge in [-0.25, -0.2) is 4.39 Å². The SMILES string of the molecule is CCN=C(NC(C)COC)NC1CC1c1ccccc1F.I. The summed E-state index contributed by atoms with van der Waals surface area (Å²) in [6, 6.07) is 7.41. The van der Waals surface area contributed by atoms with E-state index in [0.717, 1.165) is 17.9 Å². The molecule has 1 aliphatic carbocycles. The van der Waals surface area contributed by atoms with Gasteiger partial charge in [0.1, 0.15) is 5.82 Å². The molecule has 1 aliphatic rings. The molecule has 0 saturated heterocycles. The summed E-state index contributed by atoms with van der Waals surface area (Å²) in [5.74, 6) is 0.875. The third-order valence-electron chi connectivity index (χ3n) is 3.53. The van der Waals surface area contributed by atoms with Crippen LogP contribution < -0.4 is 10.6 Å². The van der Waals surface area contributed by atoms with Gasteiger partial charge in [-0.15, -0.1) is 24.0 Å². The Bertz CT molecular complexity index is 498. The van der Waals surface area contributed by atoms with E-state index in [1.807, 2.05) is 26.0 Å². The number of halogens is 2. The van der Waals surface area contributed by atoms with Gasteiger partial charge in [-0.1, -0.05) is 18.2 Å². The first kappa shape index (κ1) is 19.2. The molecule has 2 N–H and O–H groups in total. The molecule has 1 aromatic carbocycles. The highest BCUT2D eigenvalue weighted by molar-refractivity contribution is 14.0. The van der Waals surface area contributed by atoms with Gasteiger partial charge in [0.15, 0.2) is 5.96 Å². The van der Waals surface area contributed by atoms with Crippen molar-refractivity contribution in [1.29, 1.82) is 0 Å². The Morgan fingerprint density at radius 2 is 2.18 bits per heavy atom. The van der Waals surface area contributed by atoms with Gasteiger partial charge >= 0.3 is 0 Å². The Labute approximate surface area is 148 Å². The molecule has 0 aromatic heterocycles. The molecular weight excluding hydrogens is 396 g/mol. The summed E-state index contributed by atoms with van der Waals surface area (Å²) in [4.78, 5) is 4.42. The van der Waals surface area contributed by atoms with E-state index in [1.165, 1.54) is 6.07 Å². The molecule has 3 atom stereocenters. The van der Waals surface area contributed by atoms with Crippen LogP contribution >= 0.6 is 24.0 Å². The second-order valence-electron chi connectivity index (χ2n) is 5.44. The highest BCUT2D eigenvalue weighted by atomic mass is 127. The monoisotopic (exact) mass is 421 g/mol. The van der Waals surface area contributed by atoms with E-state index in [0.29, 0.717) is 13.2 Å². The molecule has 2 rings (SSSR count). The fourth-order valence-electron chi connectivity index (χ4n) is 2.47. The Balaban J connectivity index is 0.00000242. The maximum atomic E-state index is 13.8.